The molecule has 2 aromatic rings. The fraction of sp³-hybridized carbons (Fsp3) is 0.304. The highest BCUT2D eigenvalue weighted by molar-refractivity contribution is 6.39. The average Bonchev–Trinajstić information content (AvgIpc) is 2.80. The van der Waals surface area contributed by atoms with Gasteiger partial charge >= 0.3 is 11.9 Å². The molecule has 0 aliphatic carbocycles. The molecule has 176 valence electrons. The molecular formula is C23H25NO9. The Balaban J connectivity index is 2.01. The van der Waals surface area contributed by atoms with Crippen molar-refractivity contribution in [2.45, 2.75) is 19.4 Å². The van der Waals surface area contributed by atoms with Gasteiger partial charge in [0, 0.05) is 6.07 Å². The van der Waals surface area contributed by atoms with Gasteiger partial charge < -0.3 is 29.2 Å². The van der Waals surface area contributed by atoms with E-state index in [0.29, 0.717) is 11.4 Å². The van der Waals surface area contributed by atoms with E-state index >= 15 is 0 Å². The molecule has 0 amide bonds. The van der Waals surface area contributed by atoms with E-state index in [-0.39, 0.29) is 48.2 Å². The molecule has 10 heteroatoms. The quantitative estimate of drug-likeness (QED) is 0.294. The zero-order chi connectivity index (χ0) is 24.4. The number of rotatable bonds is 11. The van der Waals surface area contributed by atoms with Crippen LogP contribution < -0.4 is 9.47 Å². The molecule has 0 saturated carbocycles. The molecule has 2 rings (SSSR count). The van der Waals surface area contributed by atoms with Crippen LogP contribution in [0.15, 0.2) is 47.5 Å². The number of hydrogen-bond donors (Lipinski definition) is 2. The summed E-state index contributed by atoms with van der Waals surface area (Å²) in [6, 6.07) is 10.8. The third kappa shape index (κ3) is 7.62. The van der Waals surface area contributed by atoms with Gasteiger partial charge in [0.2, 0.25) is 0 Å². The molecule has 0 aromatic heterocycles. The van der Waals surface area contributed by atoms with Gasteiger partial charge in [-0.1, -0.05) is 12.1 Å². The largest absolute Gasteiger partial charge is 0.507 e. The van der Waals surface area contributed by atoms with E-state index in [1.165, 1.54) is 45.4 Å². The maximum atomic E-state index is 11.9. The number of ketones is 1. The molecule has 1 unspecified atom stereocenters. The number of carbonyl (C=O) groups is 3. The molecular weight excluding hydrogens is 434 g/mol. The standard InChI is InChI=1S/C23H25NO9/c1-14(25)22-19(27)8-5-9-20(22)33-13-16(26)12-32-17-7-4-6-15(10-17)24-18(23(29)31-3)11-21(28)30-2/h4-10,16,26-27H,11-13H2,1-3H3. The maximum absolute atomic E-state index is 11.9. The molecule has 0 radical (unpaired) electrons. The van der Waals surface area contributed by atoms with E-state index in [1.54, 1.807) is 18.2 Å². The molecule has 0 fully saturated rings. The lowest BCUT2D eigenvalue weighted by Gasteiger charge is -2.15. The summed E-state index contributed by atoms with van der Waals surface area (Å²) in [5, 5.41) is 20.0. The number of methoxy groups -OCH3 is 2. The molecule has 0 heterocycles. The van der Waals surface area contributed by atoms with Crippen molar-refractivity contribution < 1.29 is 43.5 Å². The van der Waals surface area contributed by atoms with Gasteiger partial charge in [-0.25, -0.2) is 9.79 Å². The van der Waals surface area contributed by atoms with Crippen LogP contribution >= 0.6 is 0 Å². The maximum Gasteiger partial charge on any atom is 0.353 e. The Morgan fingerprint density at radius 2 is 1.70 bits per heavy atom. The first-order valence-electron chi connectivity index (χ1n) is 9.84. The van der Waals surface area contributed by atoms with Gasteiger partial charge in [0.15, 0.2) is 5.78 Å². The molecule has 1 atom stereocenters. The van der Waals surface area contributed by atoms with Crippen LogP contribution in [0.3, 0.4) is 0 Å². The van der Waals surface area contributed by atoms with Crippen LogP contribution in [-0.4, -0.2) is 67.2 Å². The summed E-state index contributed by atoms with van der Waals surface area (Å²) in [6.45, 7) is 0.967. The smallest absolute Gasteiger partial charge is 0.353 e. The minimum atomic E-state index is -1.05. The number of Topliss-reactive ketones (excluding diaryl/α,β-unsaturated/α-hetero) is 1. The molecule has 0 aliphatic heterocycles. The summed E-state index contributed by atoms with van der Waals surface area (Å²) >= 11 is 0. The van der Waals surface area contributed by atoms with Crippen LogP contribution in [0.5, 0.6) is 17.2 Å². The normalized spacial score (nSPS) is 11.9. The SMILES string of the molecule is COC(=O)CC(=Nc1cccc(OCC(O)COc2cccc(O)c2C(C)=O)c1)C(=O)OC. The number of ether oxygens (including phenoxy) is 4. The highest BCUT2D eigenvalue weighted by Crippen LogP contribution is 2.28. The van der Waals surface area contributed by atoms with E-state index in [4.69, 9.17) is 9.47 Å². The van der Waals surface area contributed by atoms with Gasteiger partial charge in [-0.15, -0.1) is 0 Å². The van der Waals surface area contributed by atoms with E-state index in [0.717, 1.165) is 0 Å². The zero-order valence-electron chi connectivity index (χ0n) is 18.4. The number of nitrogens with zero attached hydrogens (tertiary/aromatic N) is 1. The summed E-state index contributed by atoms with van der Waals surface area (Å²) in [4.78, 5) is 39.2. The number of carbonyl (C=O) groups excluding carboxylic acids is 3. The predicted octanol–water partition coefficient (Wildman–Crippen LogP) is 2.22. The first kappa shape index (κ1) is 25.3. The first-order chi connectivity index (χ1) is 15.7. The van der Waals surface area contributed by atoms with Gasteiger partial charge in [0.1, 0.15) is 47.8 Å². The Kier molecular flexibility index (Phi) is 9.37. The van der Waals surface area contributed by atoms with Crippen molar-refractivity contribution in [3.63, 3.8) is 0 Å². The number of aliphatic imine (C=N–C) groups is 1. The fourth-order valence-electron chi connectivity index (χ4n) is 2.70. The molecule has 0 saturated heterocycles. The second-order valence-corrected chi connectivity index (χ2v) is 6.78. The first-order valence-corrected chi connectivity index (χ1v) is 9.84. The van der Waals surface area contributed by atoms with Gasteiger partial charge in [-0.3, -0.25) is 9.59 Å². The van der Waals surface area contributed by atoms with Gasteiger partial charge in [0.25, 0.3) is 0 Å². The van der Waals surface area contributed by atoms with Crippen molar-refractivity contribution in [3.8, 4) is 17.2 Å². The van der Waals surface area contributed by atoms with Crippen molar-refractivity contribution in [1.29, 1.82) is 0 Å². The van der Waals surface area contributed by atoms with Crippen LogP contribution in [0.4, 0.5) is 5.69 Å². The highest BCUT2D eigenvalue weighted by atomic mass is 16.5. The molecule has 33 heavy (non-hydrogen) atoms. The fourth-order valence-corrected chi connectivity index (χ4v) is 2.70. The number of aliphatic hydroxyl groups excluding tert-OH is 1. The van der Waals surface area contributed by atoms with Crippen molar-refractivity contribution >= 4 is 29.1 Å². The lowest BCUT2D eigenvalue weighted by atomic mass is 10.1. The number of hydrogen-bond acceptors (Lipinski definition) is 10. The minimum Gasteiger partial charge on any atom is -0.507 e. The monoisotopic (exact) mass is 459 g/mol. The van der Waals surface area contributed by atoms with Crippen molar-refractivity contribution in [2.75, 3.05) is 27.4 Å². The van der Waals surface area contributed by atoms with Gasteiger partial charge in [0.05, 0.1) is 26.3 Å². The van der Waals surface area contributed by atoms with Crippen molar-refractivity contribution in [2.24, 2.45) is 4.99 Å². The van der Waals surface area contributed by atoms with E-state index < -0.39 is 18.0 Å². The third-order valence-corrected chi connectivity index (χ3v) is 4.27. The summed E-state index contributed by atoms with van der Waals surface area (Å²) < 4.78 is 20.2. The molecule has 10 nitrogen and oxygen atoms in total. The highest BCUT2D eigenvalue weighted by Gasteiger charge is 2.18. The Labute approximate surface area is 190 Å². The predicted molar refractivity (Wildman–Crippen MR) is 117 cm³/mol. The molecule has 0 spiro atoms. The van der Waals surface area contributed by atoms with Crippen LogP contribution in [0.25, 0.3) is 0 Å². The summed E-state index contributed by atoms with van der Waals surface area (Å²) in [5.41, 5.74) is 0.222. The summed E-state index contributed by atoms with van der Waals surface area (Å²) in [5.74, 6) is -1.49. The van der Waals surface area contributed by atoms with Gasteiger partial charge in [-0.05, 0) is 31.2 Å². The number of aliphatic hydroxyl groups is 1. The summed E-state index contributed by atoms with van der Waals surface area (Å²) in [7, 11) is 2.37. The number of benzene rings is 2. The van der Waals surface area contributed by atoms with Crippen molar-refractivity contribution in [3.05, 3.63) is 48.0 Å². The Hall–Kier alpha value is -3.92. The minimum absolute atomic E-state index is 0.0320. The molecule has 0 bridgehead atoms. The Morgan fingerprint density at radius 3 is 2.36 bits per heavy atom. The lowest BCUT2D eigenvalue weighted by molar-refractivity contribution is -0.140. The summed E-state index contributed by atoms with van der Waals surface area (Å²) in [6.07, 6.45) is -1.41. The zero-order valence-corrected chi connectivity index (χ0v) is 18.4. The van der Waals surface area contributed by atoms with Gasteiger partial charge in [-0.2, -0.15) is 0 Å². The van der Waals surface area contributed by atoms with Crippen LogP contribution in [0.1, 0.15) is 23.7 Å². The number of aromatic hydroxyl groups is 1. The molecule has 2 N–H and O–H groups in total. The third-order valence-electron chi connectivity index (χ3n) is 4.27. The second kappa shape index (κ2) is 12.2. The lowest BCUT2D eigenvalue weighted by Crippen LogP contribution is -2.25. The molecule has 0 aliphatic rings. The number of esters is 2. The van der Waals surface area contributed by atoms with E-state index in [1.807, 2.05) is 0 Å². The van der Waals surface area contributed by atoms with Crippen molar-refractivity contribution in [1.82, 2.24) is 0 Å². The second-order valence-electron chi connectivity index (χ2n) is 6.78. The number of phenolic OH excluding ortho intramolecular Hbond substituents is 1. The Bertz CT molecular complexity index is 1030. The van der Waals surface area contributed by atoms with Crippen LogP contribution in [0, 0.1) is 0 Å². The molecule has 2 aromatic carbocycles. The van der Waals surface area contributed by atoms with Crippen LogP contribution in [-0.2, 0) is 19.1 Å². The van der Waals surface area contributed by atoms with Crippen LogP contribution in [0.2, 0.25) is 0 Å². The van der Waals surface area contributed by atoms with E-state index in [9.17, 15) is 24.6 Å². The Morgan fingerprint density at radius 1 is 1.00 bits per heavy atom. The van der Waals surface area contributed by atoms with E-state index in [2.05, 4.69) is 14.5 Å². The topological polar surface area (TPSA) is 141 Å². The number of phenols is 1. The average molecular weight is 459 g/mol.